The van der Waals surface area contributed by atoms with Crippen LogP contribution in [0.4, 0.5) is 17.1 Å². The van der Waals surface area contributed by atoms with Crippen molar-refractivity contribution in [3.05, 3.63) is 0 Å². The van der Waals surface area contributed by atoms with E-state index in [2.05, 4.69) is 4.18 Å². The van der Waals surface area contributed by atoms with E-state index in [0.717, 1.165) is 0 Å². The molecular formula is C2HF4IO3S. The molecular weight excluding hydrogens is 307 g/mol. The van der Waals surface area contributed by atoms with Crippen LogP contribution in [0.15, 0.2) is 0 Å². The van der Waals surface area contributed by atoms with E-state index < -0.39 is 20.8 Å². The van der Waals surface area contributed by atoms with Crippen molar-refractivity contribution < 1.29 is 29.7 Å². The fraction of sp³-hybridized carbons (Fsp3) is 1.00. The number of alkyl halides is 4. The van der Waals surface area contributed by atoms with Crippen LogP contribution >= 0.6 is 22.6 Å². The van der Waals surface area contributed by atoms with Crippen molar-refractivity contribution in [1.82, 2.24) is 0 Å². The normalized spacial score (nSPS) is 16.5. The van der Waals surface area contributed by atoms with Gasteiger partial charge >= 0.3 is 14.4 Å². The van der Waals surface area contributed by atoms with E-state index in [-0.39, 0.29) is 22.6 Å². The molecule has 3 nitrogen and oxygen atoms in total. The van der Waals surface area contributed by atoms with Gasteiger partial charge in [0.1, 0.15) is 0 Å². The van der Waals surface area contributed by atoms with Crippen LogP contribution in [0.3, 0.4) is 0 Å². The Morgan fingerprint density at radius 3 is 1.91 bits per heavy atom. The van der Waals surface area contributed by atoms with Gasteiger partial charge in [-0.1, -0.05) is 3.89 Å². The minimum absolute atomic E-state index is 0.278. The quantitative estimate of drug-likeness (QED) is 0.344. The molecule has 1 atom stereocenters. The molecule has 68 valence electrons. The monoisotopic (exact) mass is 308 g/mol. The lowest BCUT2D eigenvalue weighted by molar-refractivity contribution is -0.0784. The second-order valence-electron chi connectivity index (χ2n) is 1.35. The molecule has 0 spiro atoms. The highest BCUT2D eigenvalue weighted by molar-refractivity contribution is 14.1. The maximum Gasteiger partial charge on any atom is 0.440 e. The number of halogens is 5. The molecule has 0 aromatic carbocycles. The third-order valence-electron chi connectivity index (χ3n) is 0.457. The molecule has 0 saturated carbocycles. The summed E-state index contributed by atoms with van der Waals surface area (Å²) in [5.41, 5.74) is 0. The summed E-state index contributed by atoms with van der Waals surface area (Å²) in [6, 6.07) is 0. The van der Waals surface area contributed by atoms with Crippen molar-refractivity contribution in [1.29, 1.82) is 0 Å². The molecule has 0 aliphatic heterocycles. The average molecular weight is 308 g/mol. The Labute approximate surface area is 73.3 Å². The lowest BCUT2D eigenvalue weighted by Gasteiger charge is -2.10. The first-order valence-corrected chi connectivity index (χ1v) is 4.35. The van der Waals surface area contributed by atoms with Crippen molar-refractivity contribution in [3.8, 4) is 0 Å². The molecule has 0 N–H and O–H groups in total. The van der Waals surface area contributed by atoms with Crippen molar-refractivity contribution in [3.63, 3.8) is 0 Å². The Kier molecular flexibility index (Phi) is 3.50. The molecule has 0 heterocycles. The maximum atomic E-state index is 11.8. The van der Waals surface area contributed by atoms with Crippen LogP contribution in [0.25, 0.3) is 0 Å². The van der Waals surface area contributed by atoms with E-state index in [4.69, 9.17) is 0 Å². The first-order chi connectivity index (χ1) is 4.63. The predicted octanol–water partition coefficient (Wildman–Crippen LogP) is 1.54. The highest BCUT2D eigenvalue weighted by atomic mass is 127. The van der Waals surface area contributed by atoms with Gasteiger partial charge in [0, 0.05) is 22.6 Å². The summed E-state index contributed by atoms with van der Waals surface area (Å²) in [5.74, 6) is 0. The van der Waals surface area contributed by atoms with E-state index in [1.165, 1.54) is 0 Å². The second-order valence-corrected chi connectivity index (χ2v) is 3.76. The molecule has 1 unspecified atom stereocenters. The Balaban J connectivity index is 4.21. The summed E-state index contributed by atoms with van der Waals surface area (Å²) >= 11 is 0.278. The molecule has 0 radical (unpaired) electrons. The zero-order valence-electron chi connectivity index (χ0n) is 4.60. The Morgan fingerprint density at radius 2 is 1.82 bits per heavy atom. The van der Waals surface area contributed by atoms with Gasteiger partial charge in [0.2, 0.25) is 0 Å². The van der Waals surface area contributed by atoms with Crippen molar-refractivity contribution >= 4 is 33.1 Å². The molecule has 0 saturated heterocycles. The SMILES string of the molecule is O=S(=O)(F)OC(F)C(F)(F)I. The lowest BCUT2D eigenvalue weighted by atomic mass is 10.7. The van der Waals surface area contributed by atoms with Gasteiger partial charge in [-0.05, 0) is 0 Å². The third-order valence-corrected chi connectivity index (χ3v) is 1.35. The van der Waals surface area contributed by atoms with Crippen LogP contribution in [0.5, 0.6) is 0 Å². The van der Waals surface area contributed by atoms with Crippen molar-refractivity contribution in [2.45, 2.75) is 10.3 Å². The molecule has 0 bridgehead atoms. The van der Waals surface area contributed by atoms with E-state index in [0.29, 0.717) is 0 Å². The van der Waals surface area contributed by atoms with E-state index in [1.807, 2.05) is 0 Å². The molecule has 0 fully saturated rings. The maximum absolute atomic E-state index is 11.8. The molecule has 0 aliphatic carbocycles. The molecule has 0 amide bonds. The zero-order chi connectivity index (χ0) is 9.28. The summed E-state index contributed by atoms with van der Waals surface area (Å²) in [5, 5.41) is 0. The largest absolute Gasteiger partial charge is 0.440 e. The van der Waals surface area contributed by atoms with Gasteiger partial charge in [0.25, 0.3) is 6.36 Å². The minimum atomic E-state index is -5.67. The zero-order valence-corrected chi connectivity index (χ0v) is 7.57. The van der Waals surface area contributed by atoms with Crippen LogP contribution in [-0.2, 0) is 14.7 Å². The van der Waals surface area contributed by atoms with Crippen LogP contribution in [0, 0.1) is 0 Å². The first-order valence-electron chi connectivity index (χ1n) is 1.96. The Bertz CT molecular complexity index is 220. The van der Waals surface area contributed by atoms with Gasteiger partial charge in [0.15, 0.2) is 0 Å². The van der Waals surface area contributed by atoms with Crippen LogP contribution in [0.2, 0.25) is 0 Å². The van der Waals surface area contributed by atoms with Crippen molar-refractivity contribution in [2.24, 2.45) is 0 Å². The van der Waals surface area contributed by atoms with Gasteiger partial charge in [0.05, 0.1) is 0 Å². The van der Waals surface area contributed by atoms with Crippen molar-refractivity contribution in [2.75, 3.05) is 0 Å². The first kappa shape index (κ1) is 11.4. The highest BCUT2D eigenvalue weighted by Crippen LogP contribution is 2.30. The fourth-order valence-electron chi connectivity index (χ4n) is 0.155. The second kappa shape index (κ2) is 3.39. The smallest absolute Gasteiger partial charge is 0.207 e. The Morgan fingerprint density at radius 1 is 1.45 bits per heavy atom. The molecule has 0 rings (SSSR count). The molecule has 9 heteroatoms. The summed E-state index contributed by atoms with van der Waals surface area (Å²) < 4.78 is 64.0. The summed E-state index contributed by atoms with van der Waals surface area (Å²) in [6.45, 7) is 0. The fourth-order valence-corrected chi connectivity index (χ4v) is 0.778. The standard InChI is InChI=1S/C2HF4IO3S/c3-1(2(4,5)7)10-11(6,8)9/h1H. The van der Waals surface area contributed by atoms with Gasteiger partial charge in [-0.15, -0.1) is 0 Å². The summed E-state index contributed by atoms with van der Waals surface area (Å²) in [7, 11) is -5.67. The third kappa shape index (κ3) is 5.61. The van der Waals surface area contributed by atoms with Gasteiger partial charge in [-0.3, -0.25) is 0 Å². The molecule has 11 heavy (non-hydrogen) atoms. The van der Waals surface area contributed by atoms with Gasteiger partial charge in [-0.2, -0.15) is 21.4 Å². The van der Waals surface area contributed by atoms with Gasteiger partial charge in [-0.25, -0.2) is 4.39 Å². The number of hydrogen-bond donors (Lipinski definition) is 0. The van der Waals surface area contributed by atoms with E-state index in [9.17, 15) is 25.5 Å². The topological polar surface area (TPSA) is 43.4 Å². The van der Waals surface area contributed by atoms with E-state index in [1.54, 1.807) is 0 Å². The van der Waals surface area contributed by atoms with E-state index >= 15 is 0 Å². The summed E-state index contributed by atoms with van der Waals surface area (Å²) in [6.07, 6.45) is -3.50. The lowest BCUT2D eigenvalue weighted by Crippen LogP contribution is -2.26. The average Bonchev–Trinajstić information content (AvgIpc) is 1.56. The summed E-state index contributed by atoms with van der Waals surface area (Å²) in [4.78, 5) is 0. The minimum Gasteiger partial charge on any atom is -0.207 e. The number of hydrogen-bond acceptors (Lipinski definition) is 3. The Hall–Kier alpha value is 0.360. The van der Waals surface area contributed by atoms with Crippen LogP contribution in [0.1, 0.15) is 0 Å². The van der Waals surface area contributed by atoms with Crippen LogP contribution in [-0.4, -0.2) is 18.7 Å². The molecule has 0 aliphatic rings. The van der Waals surface area contributed by atoms with Crippen LogP contribution < -0.4 is 0 Å². The number of rotatable bonds is 3. The predicted molar refractivity (Wildman–Crippen MR) is 35.0 cm³/mol. The van der Waals surface area contributed by atoms with Gasteiger partial charge < -0.3 is 0 Å². The highest BCUT2D eigenvalue weighted by Gasteiger charge is 2.41. The molecule has 0 aromatic heterocycles. The molecule has 0 aromatic rings.